The monoisotopic (exact) mass is 307 g/mol. The van der Waals surface area contributed by atoms with Crippen LogP contribution < -0.4 is 5.32 Å². The molecule has 0 aliphatic carbocycles. The van der Waals surface area contributed by atoms with Gasteiger partial charge in [-0.3, -0.25) is 9.59 Å². The predicted octanol–water partition coefficient (Wildman–Crippen LogP) is 1.09. The zero-order valence-electron chi connectivity index (χ0n) is 13.0. The fraction of sp³-hybridized carbons (Fsp3) is 0.438. The van der Waals surface area contributed by atoms with Gasteiger partial charge in [-0.05, 0) is 11.5 Å². The number of carbonyl (C=O) groups is 3. The Labute approximate surface area is 129 Å². The maximum Gasteiger partial charge on any atom is 0.328 e. The molecule has 1 rings (SSSR count). The van der Waals surface area contributed by atoms with Gasteiger partial charge in [-0.25, -0.2) is 4.79 Å². The van der Waals surface area contributed by atoms with E-state index in [2.05, 4.69) is 10.1 Å². The predicted molar refractivity (Wildman–Crippen MR) is 79.9 cm³/mol. The number of rotatable bonds is 7. The Bertz CT molecular complexity index is 515. The first-order valence-corrected chi connectivity index (χ1v) is 6.95. The molecule has 0 unspecified atom stereocenters. The van der Waals surface area contributed by atoms with Crippen molar-refractivity contribution in [3.63, 3.8) is 0 Å². The van der Waals surface area contributed by atoms with E-state index in [9.17, 15) is 14.4 Å². The van der Waals surface area contributed by atoms with Crippen LogP contribution in [-0.4, -0.2) is 38.1 Å². The molecule has 0 spiro atoms. The maximum atomic E-state index is 12.1. The summed E-state index contributed by atoms with van der Waals surface area (Å²) in [6, 6.07) is 8.28. The molecule has 2 atom stereocenters. The van der Waals surface area contributed by atoms with Crippen LogP contribution in [0.2, 0.25) is 0 Å². The summed E-state index contributed by atoms with van der Waals surface area (Å²) in [4.78, 5) is 35.2. The van der Waals surface area contributed by atoms with E-state index >= 15 is 0 Å². The first-order chi connectivity index (χ1) is 10.5. The van der Waals surface area contributed by atoms with Gasteiger partial charge in [0.15, 0.2) is 0 Å². The Morgan fingerprint density at radius 2 is 1.73 bits per heavy atom. The maximum absolute atomic E-state index is 12.1. The number of ether oxygens (including phenoxy) is 2. The molecule has 120 valence electrons. The number of hydrogen-bond donors (Lipinski definition) is 1. The molecule has 1 aromatic rings. The van der Waals surface area contributed by atoms with Crippen LogP contribution in [0.3, 0.4) is 0 Å². The van der Waals surface area contributed by atoms with Gasteiger partial charge in [0.1, 0.15) is 6.04 Å². The minimum atomic E-state index is -0.889. The van der Waals surface area contributed by atoms with E-state index in [0.717, 1.165) is 5.56 Å². The molecule has 0 bridgehead atoms. The largest absolute Gasteiger partial charge is 0.469 e. The molecule has 22 heavy (non-hydrogen) atoms. The minimum absolute atomic E-state index is 0.0158. The van der Waals surface area contributed by atoms with Crippen molar-refractivity contribution in [2.45, 2.75) is 25.8 Å². The van der Waals surface area contributed by atoms with Crippen molar-refractivity contribution in [1.82, 2.24) is 5.32 Å². The van der Waals surface area contributed by atoms with Crippen LogP contribution >= 0.6 is 0 Å². The number of carbonyl (C=O) groups excluding carboxylic acids is 3. The van der Waals surface area contributed by atoms with E-state index in [1.165, 1.54) is 14.2 Å². The summed E-state index contributed by atoms with van der Waals surface area (Å²) in [5.74, 6) is -1.77. The Balaban J connectivity index is 2.70. The lowest BCUT2D eigenvalue weighted by Crippen LogP contribution is -2.46. The Kier molecular flexibility index (Phi) is 7.08. The molecule has 0 fully saturated rings. The first-order valence-electron chi connectivity index (χ1n) is 6.95. The van der Waals surface area contributed by atoms with Crippen LogP contribution in [0.5, 0.6) is 0 Å². The summed E-state index contributed by atoms with van der Waals surface area (Å²) >= 11 is 0. The topological polar surface area (TPSA) is 81.7 Å². The molecular weight excluding hydrogens is 286 g/mol. The van der Waals surface area contributed by atoms with Crippen LogP contribution in [0.4, 0.5) is 0 Å². The summed E-state index contributed by atoms with van der Waals surface area (Å²) in [7, 11) is 2.51. The third-order valence-electron chi connectivity index (χ3n) is 3.26. The third-order valence-corrected chi connectivity index (χ3v) is 3.26. The van der Waals surface area contributed by atoms with Crippen molar-refractivity contribution < 1.29 is 23.9 Å². The fourth-order valence-corrected chi connectivity index (χ4v) is 2.03. The molecular formula is C16H21NO5. The van der Waals surface area contributed by atoms with Crippen LogP contribution in [0.15, 0.2) is 30.3 Å². The second-order valence-electron chi connectivity index (χ2n) is 4.99. The molecule has 0 aliphatic rings. The van der Waals surface area contributed by atoms with Gasteiger partial charge in [0, 0.05) is 0 Å². The van der Waals surface area contributed by atoms with Crippen LogP contribution in [0, 0.1) is 5.92 Å². The summed E-state index contributed by atoms with van der Waals surface area (Å²) in [5, 5.41) is 2.62. The molecule has 0 saturated carbocycles. The number of hydrogen-bond acceptors (Lipinski definition) is 5. The van der Waals surface area contributed by atoms with E-state index < -0.39 is 23.9 Å². The lowest BCUT2D eigenvalue weighted by Gasteiger charge is -2.22. The Morgan fingerprint density at radius 3 is 2.27 bits per heavy atom. The van der Waals surface area contributed by atoms with Gasteiger partial charge >= 0.3 is 11.9 Å². The minimum Gasteiger partial charge on any atom is -0.469 e. The average Bonchev–Trinajstić information content (AvgIpc) is 2.52. The van der Waals surface area contributed by atoms with Crippen molar-refractivity contribution >= 4 is 17.8 Å². The van der Waals surface area contributed by atoms with Crippen molar-refractivity contribution in [3.8, 4) is 0 Å². The van der Waals surface area contributed by atoms with Gasteiger partial charge in [0.25, 0.3) is 0 Å². The number of esters is 2. The highest BCUT2D eigenvalue weighted by molar-refractivity contribution is 5.86. The number of amides is 1. The molecule has 1 aromatic carbocycles. The van der Waals surface area contributed by atoms with Gasteiger partial charge in [0.2, 0.25) is 5.91 Å². The standard InChI is InChI=1S/C16H21NO5/c1-11(9-14(19)21-2)15(16(20)22-3)17-13(18)10-12-7-5-4-6-8-12/h4-8,11,15H,9-10H2,1-3H3,(H,17,18)/t11-,15+/m0/s1. The van der Waals surface area contributed by atoms with Crippen molar-refractivity contribution in [2.75, 3.05) is 14.2 Å². The number of nitrogens with one attached hydrogen (secondary N) is 1. The Hall–Kier alpha value is -2.37. The smallest absolute Gasteiger partial charge is 0.328 e. The highest BCUT2D eigenvalue weighted by Gasteiger charge is 2.29. The summed E-state index contributed by atoms with van der Waals surface area (Å²) < 4.78 is 9.28. The third kappa shape index (κ3) is 5.55. The van der Waals surface area contributed by atoms with E-state index in [1.54, 1.807) is 6.92 Å². The second-order valence-corrected chi connectivity index (χ2v) is 4.99. The molecule has 6 nitrogen and oxygen atoms in total. The van der Waals surface area contributed by atoms with Crippen LogP contribution in [0.1, 0.15) is 18.9 Å². The van der Waals surface area contributed by atoms with E-state index in [4.69, 9.17) is 4.74 Å². The van der Waals surface area contributed by atoms with Gasteiger partial charge in [0.05, 0.1) is 27.1 Å². The van der Waals surface area contributed by atoms with Gasteiger partial charge in [-0.15, -0.1) is 0 Å². The SMILES string of the molecule is COC(=O)C[C@H](C)[C@@H](NC(=O)Cc1ccccc1)C(=O)OC. The van der Waals surface area contributed by atoms with Gasteiger partial charge in [-0.2, -0.15) is 0 Å². The van der Waals surface area contributed by atoms with Gasteiger partial charge in [-0.1, -0.05) is 37.3 Å². The van der Waals surface area contributed by atoms with Crippen molar-refractivity contribution in [2.24, 2.45) is 5.92 Å². The lowest BCUT2D eigenvalue weighted by atomic mass is 9.98. The second kappa shape index (κ2) is 8.81. The lowest BCUT2D eigenvalue weighted by molar-refractivity contribution is -0.148. The van der Waals surface area contributed by atoms with Crippen LogP contribution in [0.25, 0.3) is 0 Å². The quantitative estimate of drug-likeness (QED) is 0.763. The van der Waals surface area contributed by atoms with E-state index in [1.807, 2.05) is 30.3 Å². The molecule has 1 N–H and O–H groups in total. The molecule has 0 aromatic heterocycles. The van der Waals surface area contributed by atoms with E-state index in [-0.39, 0.29) is 18.7 Å². The summed E-state index contributed by atoms with van der Waals surface area (Å²) in [6.07, 6.45) is 0.168. The zero-order chi connectivity index (χ0) is 16.5. The highest BCUT2D eigenvalue weighted by atomic mass is 16.5. The summed E-state index contributed by atoms with van der Waals surface area (Å²) in [6.45, 7) is 1.68. The normalized spacial score (nSPS) is 12.9. The van der Waals surface area contributed by atoms with Crippen molar-refractivity contribution in [1.29, 1.82) is 0 Å². The number of benzene rings is 1. The van der Waals surface area contributed by atoms with Crippen molar-refractivity contribution in [3.05, 3.63) is 35.9 Å². The number of methoxy groups -OCH3 is 2. The highest BCUT2D eigenvalue weighted by Crippen LogP contribution is 2.11. The molecule has 1 amide bonds. The fourth-order valence-electron chi connectivity index (χ4n) is 2.03. The zero-order valence-corrected chi connectivity index (χ0v) is 13.0. The van der Waals surface area contributed by atoms with E-state index in [0.29, 0.717) is 0 Å². The molecule has 0 radical (unpaired) electrons. The summed E-state index contributed by atoms with van der Waals surface area (Å²) in [5.41, 5.74) is 0.837. The average molecular weight is 307 g/mol. The Morgan fingerprint density at radius 1 is 1.09 bits per heavy atom. The molecule has 6 heteroatoms. The molecule has 0 saturated heterocycles. The molecule has 0 aliphatic heterocycles. The van der Waals surface area contributed by atoms with Crippen LogP contribution in [-0.2, 0) is 30.3 Å². The molecule has 0 heterocycles. The first kappa shape index (κ1) is 17.7. The van der Waals surface area contributed by atoms with Gasteiger partial charge < -0.3 is 14.8 Å².